The standard InChI is InChI=1S/C15H18O3/c1-7-8-3-12-10(6-16)9-4-11(9)15(12,2)5-13(8)18-14(7)17/h5,9-12,16H,3-4,6H2,1-2H3/t9-,10-,11-,12+,15-/m1/s1. The van der Waals surface area contributed by atoms with E-state index in [2.05, 4.69) is 13.0 Å². The van der Waals surface area contributed by atoms with Crippen LogP contribution >= 0.6 is 0 Å². The van der Waals surface area contributed by atoms with E-state index in [1.54, 1.807) is 0 Å². The van der Waals surface area contributed by atoms with Gasteiger partial charge in [0.15, 0.2) is 0 Å². The van der Waals surface area contributed by atoms with Crippen molar-refractivity contribution in [1.82, 2.24) is 0 Å². The minimum Gasteiger partial charge on any atom is -0.423 e. The van der Waals surface area contributed by atoms with Gasteiger partial charge in [0.2, 0.25) is 0 Å². The van der Waals surface area contributed by atoms with Crippen LogP contribution in [0.15, 0.2) is 23.0 Å². The van der Waals surface area contributed by atoms with Gasteiger partial charge in [0.1, 0.15) is 5.76 Å². The first-order valence-corrected chi connectivity index (χ1v) is 6.82. The van der Waals surface area contributed by atoms with Crippen molar-refractivity contribution in [2.24, 2.45) is 29.1 Å². The molecule has 5 atom stereocenters. The van der Waals surface area contributed by atoms with E-state index in [9.17, 15) is 9.90 Å². The highest BCUT2D eigenvalue weighted by molar-refractivity contribution is 5.94. The fourth-order valence-electron chi connectivity index (χ4n) is 4.70. The van der Waals surface area contributed by atoms with E-state index < -0.39 is 0 Å². The van der Waals surface area contributed by atoms with E-state index in [0.717, 1.165) is 23.3 Å². The lowest BCUT2D eigenvalue weighted by Crippen LogP contribution is -2.33. The topological polar surface area (TPSA) is 46.5 Å². The zero-order chi connectivity index (χ0) is 12.7. The van der Waals surface area contributed by atoms with Gasteiger partial charge in [-0.25, -0.2) is 4.79 Å². The summed E-state index contributed by atoms with van der Waals surface area (Å²) in [6.07, 6.45) is 4.32. The molecule has 4 aliphatic rings. The molecule has 3 aliphatic carbocycles. The van der Waals surface area contributed by atoms with Gasteiger partial charge in [0, 0.05) is 17.8 Å². The Labute approximate surface area is 107 Å². The maximum atomic E-state index is 11.6. The molecule has 0 bridgehead atoms. The Balaban J connectivity index is 1.82. The summed E-state index contributed by atoms with van der Waals surface area (Å²) in [6.45, 7) is 4.42. The highest BCUT2D eigenvalue weighted by Crippen LogP contribution is 2.71. The second-order valence-corrected chi connectivity index (χ2v) is 6.53. The van der Waals surface area contributed by atoms with Gasteiger partial charge < -0.3 is 9.84 Å². The number of allylic oxidation sites excluding steroid dienone is 2. The summed E-state index contributed by atoms with van der Waals surface area (Å²) in [5.74, 6) is 2.89. The Morgan fingerprint density at radius 3 is 3.00 bits per heavy atom. The largest absolute Gasteiger partial charge is 0.423 e. The number of esters is 1. The van der Waals surface area contributed by atoms with E-state index in [1.165, 1.54) is 6.42 Å². The molecule has 0 aromatic rings. The van der Waals surface area contributed by atoms with Gasteiger partial charge in [-0.15, -0.1) is 0 Å². The van der Waals surface area contributed by atoms with E-state index in [4.69, 9.17) is 4.74 Å². The van der Waals surface area contributed by atoms with Crippen LogP contribution in [0.3, 0.4) is 0 Å². The summed E-state index contributed by atoms with van der Waals surface area (Å²) < 4.78 is 5.37. The number of carbonyl (C=O) groups excluding carboxylic acids is 1. The molecule has 0 unspecified atom stereocenters. The predicted octanol–water partition coefficient (Wildman–Crippen LogP) is 2.03. The molecular weight excluding hydrogens is 228 g/mol. The zero-order valence-corrected chi connectivity index (χ0v) is 10.8. The number of fused-ring (bicyclic) bond motifs is 4. The molecular formula is C15H18O3. The lowest BCUT2D eigenvalue weighted by Gasteiger charge is -2.38. The lowest BCUT2D eigenvalue weighted by molar-refractivity contribution is -0.133. The van der Waals surface area contributed by atoms with Crippen LogP contribution in [-0.2, 0) is 9.53 Å². The smallest absolute Gasteiger partial charge is 0.339 e. The molecule has 0 radical (unpaired) electrons. The number of rotatable bonds is 1. The van der Waals surface area contributed by atoms with Crippen LogP contribution in [0.5, 0.6) is 0 Å². The number of aliphatic hydroxyl groups is 1. The highest BCUT2D eigenvalue weighted by atomic mass is 16.5. The van der Waals surface area contributed by atoms with Crippen LogP contribution in [0, 0.1) is 29.1 Å². The molecule has 0 aromatic heterocycles. The Hall–Kier alpha value is -1.09. The third-order valence-electron chi connectivity index (χ3n) is 5.84. The molecule has 1 heterocycles. The summed E-state index contributed by atoms with van der Waals surface area (Å²) in [6, 6.07) is 0. The molecule has 96 valence electrons. The number of hydrogen-bond donors (Lipinski definition) is 1. The van der Waals surface area contributed by atoms with Crippen LogP contribution in [0.1, 0.15) is 26.7 Å². The van der Waals surface area contributed by atoms with Crippen LogP contribution in [0.25, 0.3) is 0 Å². The van der Waals surface area contributed by atoms with Crippen molar-refractivity contribution < 1.29 is 14.6 Å². The number of aliphatic hydroxyl groups excluding tert-OH is 1. The van der Waals surface area contributed by atoms with Crippen molar-refractivity contribution in [3.8, 4) is 0 Å². The SMILES string of the molecule is CC1=C2C[C@H]3[C@H](CO)[C@H]4C[C@H]4[C@@]3(C)C=C2OC1=O. The van der Waals surface area contributed by atoms with Gasteiger partial charge in [0.25, 0.3) is 0 Å². The molecule has 2 fully saturated rings. The molecule has 2 saturated carbocycles. The van der Waals surface area contributed by atoms with E-state index in [1.807, 2.05) is 6.92 Å². The van der Waals surface area contributed by atoms with Crippen molar-refractivity contribution in [3.63, 3.8) is 0 Å². The number of hydrogen-bond acceptors (Lipinski definition) is 3. The Morgan fingerprint density at radius 2 is 2.28 bits per heavy atom. The first kappa shape index (κ1) is 10.8. The van der Waals surface area contributed by atoms with Crippen molar-refractivity contribution >= 4 is 5.97 Å². The van der Waals surface area contributed by atoms with Crippen LogP contribution in [0.2, 0.25) is 0 Å². The Bertz CT molecular complexity index is 516. The highest BCUT2D eigenvalue weighted by Gasteiger charge is 2.66. The van der Waals surface area contributed by atoms with E-state index in [0.29, 0.717) is 23.7 Å². The lowest BCUT2D eigenvalue weighted by atomic mass is 9.66. The molecule has 3 nitrogen and oxygen atoms in total. The predicted molar refractivity (Wildman–Crippen MR) is 65.3 cm³/mol. The van der Waals surface area contributed by atoms with Gasteiger partial charge in [0.05, 0.1) is 0 Å². The molecule has 1 aliphatic heterocycles. The van der Waals surface area contributed by atoms with Crippen molar-refractivity contribution in [3.05, 3.63) is 23.0 Å². The Kier molecular flexibility index (Phi) is 1.85. The summed E-state index contributed by atoms with van der Waals surface area (Å²) >= 11 is 0. The summed E-state index contributed by atoms with van der Waals surface area (Å²) in [7, 11) is 0. The first-order valence-electron chi connectivity index (χ1n) is 6.82. The minimum absolute atomic E-state index is 0.127. The summed E-state index contributed by atoms with van der Waals surface area (Å²) in [5.41, 5.74) is 1.98. The first-order chi connectivity index (χ1) is 8.56. The fourth-order valence-corrected chi connectivity index (χ4v) is 4.70. The van der Waals surface area contributed by atoms with E-state index >= 15 is 0 Å². The van der Waals surface area contributed by atoms with E-state index in [-0.39, 0.29) is 18.0 Å². The average Bonchev–Trinajstić information content (AvgIpc) is 3.03. The molecule has 0 aromatic carbocycles. The number of carbonyl (C=O) groups is 1. The third-order valence-corrected chi connectivity index (χ3v) is 5.84. The second-order valence-electron chi connectivity index (χ2n) is 6.53. The molecule has 1 N–H and O–H groups in total. The molecule has 0 saturated heterocycles. The average molecular weight is 246 g/mol. The van der Waals surface area contributed by atoms with Gasteiger partial charge in [-0.05, 0) is 54.9 Å². The number of ether oxygens (including phenoxy) is 1. The van der Waals surface area contributed by atoms with Crippen molar-refractivity contribution in [2.75, 3.05) is 6.61 Å². The van der Waals surface area contributed by atoms with Crippen molar-refractivity contribution in [1.29, 1.82) is 0 Å². The molecule has 4 rings (SSSR count). The minimum atomic E-state index is -0.187. The molecule has 0 spiro atoms. The summed E-state index contributed by atoms with van der Waals surface area (Å²) in [4.78, 5) is 11.6. The summed E-state index contributed by atoms with van der Waals surface area (Å²) in [5, 5.41) is 9.64. The van der Waals surface area contributed by atoms with Crippen LogP contribution < -0.4 is 0 Å². The van der Waals surface area contributed by atoms with Crippen LogP contribution in [0.4, 0.5) is 0 Å². The zero-order valence-electron chi connectivity index (χ0n) is 10.8. The Morgan fingerprint density at radius 1 is 1.50 bits per heavy atom. The van der Waals surface area contributed by atoms with Crippen LogP contribution in [-0.4, -0.2) is 17.7 Å². The maximum Gasteiger partial charge on any atom is 0.339 e. The molecule has 18 heavy (non-hydrogen) atoms. The molecule has 3 heteroatoms. The third kappa shape index (κ3) is 1.07. The van der Waals surface area contributed by atoms with Gasteiger partial charge in [-0.3, -0.25) is 0 Å². The van der Waals surface area contributed by atoms with Gasteiger partial charge in [-0.2, -0.15) is 0 Å². The normalized spacial score (nSPS) is 48.4. The molecule has 0 amide bonds. The fraction of sp³-hybridized carbons (Fsp3) is 0.667. The van der Waals surface area contributed by atoms with Gasteiger partial charge in [-0.1, -0.05) is 6.92 Å². The second kappa shape index (κ2) is 3.08. The monoisotopic (exact) mass is 246 g/mol. The maximum absolute atomic E-state index is 11.6. The van der Waals surface area contributed by atoms with Gasteiger partial charge >= 0.3 is 5.97 Å². The van der Waals surface area contributed by atoms with Crippen molar-refractivity contribution in [2.45, 2.75) is 26.7 Å². The quantitative estimate of drug-likeness (QED) is 0.720.